The Bertz CT molecular complexity index is 911. The lowest BCUT2D eigenvalue weighted by Gasteiger charge is -2.28. The number of anilines is 1. The summed E-state index contributed by atoms with van der Waals surface area (Å²) in [4.78, 5) is 13.0. The summed E-state index contributed by atoms with van der Waals surface area (Å²) in [6.07, 6.45) is 3.34. The lowest BCUT2D eigenvalue weighted by atomic mass is 9.91. The van der Waals surface area contributed by atoms with Gasteiger partial charge in [-0.05, 0) is 42.7 Å². The average molecular weight is 415 g/mol. The molecule has 0 saturated carbocycles. The highest BCUT2D eigenvalue weighted by Gasteiger charge is 2.40. The van der Waals surface area contributed by atoms with E-state index in [1.807, 2.05) is 30.1 Å². The number of hydrogen-bond donors (Lipinski definition) is 1. The summed E-state index contributed by atoms with van der Waals surface area (Å²) < 4.78 is 13.5. The van der Waals surface area contributed by atoms with Gasteiger partial charge < -0.3 is 0 Å². The molecule has 4 rings (SSSR count). The molecule has 1 amide bonds. The second kappa shape index (κ2) is 8.51. The van der Waals surface area contributed by atoms with Gasteiger partial charge in [-0.1, -0.05) is 49.2 Å². The minimum Gasteiger partial charge on any atom is -0.284 e. The quantitative estimate of drug-likeness (QED) is 0.798. The molecule has 1 saturated heterocycles. The molecule has 1 fully saturated rings. The van der Waals surface area contributed by atoms with E-state index in [9.17, 15) is 9.18 Å². The van der Waals surface area contributed by atoms with Crippen molar-refractivity contribution < 1.29 is 9.18 Å². The summed E-state index contributed by atoms with van der Waals surface area (Å²) in [5, 5.41) is 8.98. The monoisotopic (exact) mass is 414 g/mol. The molecule has 7 heteroatoms. The van der Waals surface area contributed by atoms with E-state index >= 15 is 0 Å². The highest BCUT2D eigenvalue weighted by atomic mass is 35.5. The van der Waals surface area contributed by atoms with Crippen LogP contribution in [0.2, 0.25) is 5.02 Å². The number of hydrazine groups is 1. The molecule has 1 N–H and O–H groups in total. The molecule has 2 aliphatic rings. The predicted molar refractivity (Wildman–Crippen MR) is 113 cm³/mol. The number of amides is 1. The second-order valence-corrected chi connectivity index (χ2v) is 7.96. The zero-order chi connectivity index (χ0) is 20.4. The summed E-state index contributed by atoms with van der Waals surface area (Å²) in [5.41, 5.74) is 5.05. The molecule has 2 aromatic rings. The van der Waals surface area contributed by atoms with Crippen LogP contribution in [-0.2, 0) is 4.79 Å². The molecular formula is C22H24ClFN4O. The standard InChI is InChI=1S/C22H24ClFN4O/c1-15-20(22(29)26-27-13-5-2-6-14-27)25-28(19-8-4-3-7-18(19)23)21(15)16-9-11-17(24)12-10-16/h3-4,7-12,15,21H,2,5-6,13-14H2,1H3,(H,26,29)/t15-,21+/m1/s1. The summed E-state index contributed by atoms with van der Waals surface area (Å²) in [6, 6.07) is 13.5. The summed E-state index contributed by atoms with van der Waals surface area (Å²) >= 11 is 6.43. The number of nitrogens with zero attached hydrogens (tertiary/aromatic N) is 3. The predicted octanol–water partition coefficient (Wildman–Crippen LogP) is 4.55. The van der Waals surface area contributed by atoms with E-state index < -0.39 is 0 Å². The lowest BCUT2D eigenvalue weighted by Crippen LogP contribution is -2.48. The SMILES string of the molecule is C[C@@H]1C(C(=O)NN2CCCCC2)=NN(c2ccccc2Cl)[C@@H]1c1ccc(F)cc1. The number of hydrazone groups is 1. The molecule has 2 aromatic carbocycles. The van der Waals surface area contributed by atoms with Crippen molar-refractivity contribution >= 4 is 28.9 Å². The maximum absolute atomic E-state index is 13.5. The van der Waals surface area contributed by atoms with Gasteiger partial charge in [0.25, 0.3) is 5.91 Å². The Balaban J connectivity index is 1.66. The van der Waals surface area contributed by atoms with Crippen LogP contribution in [0.25, 0.3) is 0 Å². The lowest BCUT2D eigenvalue weighted by molar-refractivity contribution is -0.120. The summed E-state index contributed by atoms with van der Waals surface area (Å²) in [6.45, 7) is 3.67. The van der Waals surface area contributed by atoms with Gasteiger partial charge in [0, 0.05) is 19.0 Å². The molecule has 0 unspecified atom stereocenters. The van der Waals surface area contributed by atoms with Gasteiger partial charge in [0.1, 0.15) is 11.5 Å². The van der Waals surface area contributed by atoms with E-state index in [2.05, 4.69) is 10.5 Å². The minimum atomic E-state index is -0.298. The smallest absolute Gasteiger partial charge is 0.282 e. The van der Waals surface area contributed by atoms with Crippen LogP contribution < -0.4 is 10.4 Å². The highest BCUT2D eigenvalue weighted by Crippen LogP contribution is 2.41. The van der Waals surface area contributed by atoms with Gasteiger partial charge in [0.2, 0.25) is 0 Å². The fourth-order valence-corrected chi connectivity index (χ4v) is 4.24. The number of rotatable bonds is 4. The molecule has 0 bridgehead atoms. The number of carbonyl (C=O) groups excluding carboxylic acids is 1. The maximum atomic E-state index is 13.5. The van der Waals surface area contributed by atoms with Gasteiger partial charge in [0.15, 0.2) is 0 Å². The summed E-state index contributed by atoms with van der Waals surface area (Å²) in [7, 11) is 0. The van der Waals surface area contributed by atoms with Crippen LogP contribution in [0.3, 0.4) is 0 Å². The Hall–Kier alpha value is -2.44. The fraction of sp³-hybridized carbons (Fsp3) is 0.364. The molecule has 0 aromatic heterocycles. The van der Waals surface area contributed by atoms with Crippen LogP contribution in [0.4, 0.5) is 10.1 Å². The second-order valence-electron chi connectivity index (χ2n) is 7.55. The van der Waals surface area contributed by atoms with Crippen molar-refractivity contribution in [2.45, 2.75) is 32.2 Å². The number of piperidine rings is 1. The molecular weight excluding hydrogens is 391 g/mol. The van der Waals surface area contributed by atoms with Crippen molar-refractivity contribution in [3.63, 3.8) is 0 Å². The Morgan fingerprint density at radius 3 is 2.48 bits per heavy atom. The van der Waals surface area contributed by atoms with Gasteiger partial charge in [-0.2, -0.15) is 5.10 Å². The molecule has 0 spiro atoms. The van der Waals surface area contributed by atoms with Crippen LogP contribution in [0.5, 0.6) is 0 Å². The van der Waals surface area contributed by atoms with Crippen LogP contribution in [0, 0.1) is 11.7 Å². The zero-order valence-corrected chi connectivity index (χ0v) is 17.1. The fourth-order valence-electron chi connectivity index (χ4n) is 4.02. The number of benzene rings is 2. The third kappa shape index (κ3) is 4.14. The molecule has 2 atom stereocenters. The molecule has 0 aliphatic carbocycles. The van der Waals surface area contributed by atoms with Gasteiger partial charge in [-0.15, -0.1) is 0 Å². The number of para-hydroxylation sites is 1. The van der Waals surface area contributed by atoms with Crippen molar-refractivity contribution in [1.29, 1.82) is 0 Å². The van der Waals surface area contributed by atoms with Crippen LogP contribution >= 0.6 is 11.6 Å². The average Bonchev–Trinajstić information content (AvgIpc) is 3.07. The zero-order valence-electron chi connectivity index (χ0n) is 16.3. The van der Waals surface area contributed by atoms with Crippen molar-refractivity contribution in [3.8, 4) is 0 Å². The van der Waals surface area contributed by atoms with Crippen molar-refractivity contribution in [2.24, 2.45) is 11.0 Å². The number of carbonyl (C=O) groups is 1. The molecule has 2 heterocycles. The van der Waals surface area contributed by atoms with E-state index in [1.165, 1.54) is 18.6 Å². The van der Waals surface area contributed by atoms with E-state index in [1.54, 1.807) is 23.2 Å². The third-order valence-corrected chi connectivity index (χ3v) is 5.86. The van der Waals surface area contributed by atoms with Gasteiger partial charge in [-0.25, -0.2) is 9.40 Å². The first-order valence-electron chi connectivity index (χ1n) is 9.98. The first-order chi connectivity index (χ1) is 14.0. The van der Waals surface area contributed by atoms with Crippen molar-refractivity contribution in [2.75, 3.05) is 18.1 Å². The van der Waals surface area contributed by atoms with Gasteiger partial charge >= 0.3 is 0 Å². The normalized spacial score (nSPS) is 22.4. The molecule has 29 heavy (non-hydrogen) atoms. The first kappa shape index (κ1) is 19.9. The van der Waals surface area contributed by atoms with E-state index in [-0.39, 0.29) is 23.7 Å². The van der Waals surface area contributed by atoms with Gasteiger partial charge in [-0.3, -0.25) is 15.2 Å². The van der Waals surface area contributed by atoms with E-state index in [4.69, 9.17) is 11.6 Å². The van der Waals surface area contributed by atoms with Crippen molar-refractivity contribution in [3.05, 3.63) is 64.9 Å². The molecule has 5 nitrogen and oxygen atoms in total. The number of nitrogens with one attached hydrogen (secondary N) is 1. The molecule has 152 valence electrons. The topological polar surface area (TPSA) is 47.9 Å². The number of hydrogen-bond acceptors (Lipinski definition) is 4. The van der Waals surface area contributed by atoms with E-state index in [0.29, 0.717) is 10.7 Å². The molecule has 2 aliphatic heterocycles. The minimum absolute atomic E-state index is 0.193. The Labute approximate surface area is 175 Å². The Morgan fingerprint density at radius 2 is 1.79 bits per heavy atom. The van der Waals surface area contributed by atoms with Crippen LogP contribution in [-0.4, -0.2) is 29.7 Å². The first-order valence-corrected chi connectivity index (χ1v) is 10.4. The highest BCUT2D eigenvalue weighted by molar-refractivity contribution is 6.40. The maximum Gasteiger partial charge on any atom is 0.282 e. The van der Waals surface area contributed by atoms with Crippen LogP contribution in [0.15, 0.2) is 53.6 Å². The largest absolute Gasteiger partial charge is 0.284 e. The Morgan fingerprint density at radius 1 is 1.10 bits per heavy atom. The summed E-state index contributed by atoms with van der Waals surface area (Å²) in [5.74, 6) is -0.685. The third-order valence-electron chi connectivity index (χ3n) is 5.54. The number of halogens is 2. The van der Waals surface area contributed by atoms with E-state index in [0.717, 1.165) is 37.2 Å². The van der Waals surface area contributed by atoms with Crippen LogP contribution in [0.1, 0.15) is 37.8 Å². The molecule has 0 radical (unpaired) electrons. The Kier molecular flexibility index (Phi) is 5.83. The van der Waals surface area contributed by atoms with Gasteiger partial charge in [0.05, 0.1) is 16.8 Å². The van der Waals surface area contributed by atoms with Crippen molar-refractivity contribution in [1.82, 2.24) is 10.4 Å².